The van der Waals surface area contributed by atoms with Crippen molar-refractivity contribution in [2.24, 2.45) is 0 Å². The third-order valence-corrected chi connectivity index (χ3v) is 3.29. The molecule has 0 heterocycles. The molecule has 0 saturated heterocycles. The summed E-state index contributed by atoms with van der Waals surface area (Å²) in [5.74, 6) is -0.646. The Bertz CT molecular complexity index is 446. The molecule has 100 valence electrons. The van der Waals surface area contributed by atoms with Crippen LogP contribution in [0.25, 0.3) is 0 Å². The summed E-state index contributed by atoms with van der Waals surface area (Å²) < 4.78 is 39.8. The Kier molecular flexibility index (Phi) is 4.75. The van der Waals surface area contributed by atoms with Crippen LogP contribution in [0.15, 0.2) is 18.2 Å². The van der Waals surface area contributed by atoms with Crippen LogP contribution in [0.4, 0.5) is 13.2 Å². The van der Waals surface area contributed by atoms with Crippen LogP contribution in [0.2, 0.25) is 0 Å². The molecular formula is C11H10BrF3O3. The van der Waals surface area contributed by atoms with Crippen LogP contribution in [0.3, 0.4) is 0 Å². The van der Waals surface area contributed by atoms with E-state index in [1.54, 1.807) is 0 Å². The number of hydrogen-bond acceptors (Lipinski definition) is 3. The third kappa shape index (κ3) is 3.99. The Balaban J connectivity index is 3.07. The van der Waals surface area contributed by atoms with Crippen LogP contribution in [0.5, 0.6) is 5.75 Å². The van der Waals surface area contributed by atoms with Crippen molar-refractivity contribution in [2.45, 2.75) is 24.7 Å². The lowest BCUT2D eigenvalue weighted by molar-refractivity contribution is -0.274. The second-order valence-electron chi connectivity index (χ2n) is 3.54. The van der Waals surface area contributed by atoms with E-state index >= 15 is 0 Å². The fraction of sp³-hybridized carbons (Fsp3) is 0.364. The molecule has 0 amide bonds. The van der Waals surface area contributed by atoms with Crippen molar-refractivity contribution >= 4 is 21.7 Å². The lowest BCUT2D eigenvalue weighted by atomic mass is 10.0. The molecule has 0 fully saturated rings. The minimum atomic E-state index is -4.79. The van der Waals surface area contributed by atoms with Crippen LogP contribution in [-0.4, -0.2) is 17.3 Å². The summed E-state index contributed by atoms with van der Waals surface area (Å²) in [7, 11) is 0. The van der Waals surface area contributed by atoms with E-state index in [-0.39, 0.29) is 11.3 Å². The average molecular weight is 327 g/mol. The predicted octanol–water partition coefficient (Wildman–Crippen LogP) is 3.10. The number of aliphatic hydroxyl groups is 1. The molecule has 1 N–H and O–H groups in total. The van der Waals surface area contributed by atoms with Crippen LogP contribution < -0.4 is 4.74 Å². The summed E-state index contributed by atoms with van der Waals surface area (Å²) in [6.45, 7) is 0.848. The molecule has 0 spiro atoms. The van der Waals surface area contributed by atoms with Crippen molar-refractivity contribution < 1.29 is 27.8 Å². The van der Waals surface area contributed by atoms with Gasteiger partial charge >= 0.3 is 6.36 Å². The Hall–Kier alpha value is -1.08. The Morgan fingerprint density at radius 1 is 1.50 bits per heavy atom. The van der Waals surface area contributed by atoms with Crippen LogP contribution in [0, 0.1) is 0 Å². The van der Waals surface area contributed by atoms with E-state index in [0.717, 1.165) is 12.1 Å². The van der Waals surface area contributed by atoms with Gasteiger partial charge in [0.25, 0.3) is 0 Å². The van der Waals surface area contributed by atoms with Gasteiger partial charge in [-0.2, -0.15) is 0 Å². The van der Waals surface area contributed by atoms with E-state index in [1.165, 1.54) is 13.0 Å². The number of carbonyl (C=O) groups excluding carboxylic acids is 1. The number of alkyl halides is 4. The number of hydrogen-bond donors (Lipinski definition) is 1. The first-order valence-corrected chi connectivity index (χ1v) is 5.80. The second-order valence-corrected chi connectivity index (χ2v) is 4.46. The Labute approximate surface area is 110 Å². The van der Waals surface area contributed by atoms with E-state index in [4.69, 9.17) is 5.11 Å². The highest BCUT2D eigenvalue weighted by atomic mass is 79.9. The van der Waals surface area contributed by atoms with E-state index in [1.807, 2.05) is 0 Å². The maximum Gasteiger partial charge on any atom is 0.573 e. The molecule has 1 aromatic carbocycles. The number of halogens is 4. The standard InChI is InChI=1S/C11H10BrF3O3/c1-6(17)10(12)9-3-2-8(4-7(9)5-16)18-11(13,14)15/h2-4,10,16H,5H2,1H3. The highest BCUT2D eigenvalue weighted by molar-refractivity contribution is 9.09. The molecule has 0 aliphatic heterocycles. The molecule has 0 aromatic heterocycles. The van der Waals surface area contributed by atoms with Crippen LogP contribution >= 0.6 is 15.9 Å². The van der Waals surface area contributed by atoms with Gasteiger partial charge in [-0.15, -0.1) is 13.2 Å². The van der Waals surface area contributed by atoms with E-state index in [9.17, 15) is 18.0 Å². The van der Waals surface area contributed by atoms with Gasteiger partial charge in [0, 0.05) is 0 Å². The van der Waals surface area contributed by atoms with Crippen molar-refractivity contribution in [3.05, 3.63) is 29.3 Å². The molecular weight excluding hydrogens is 317 g/mol. The highest BCUT2D eigenvalue weighted by Crippen LogP contribution is 2.31. The molecule has 1 aromatic rings. The maximum atomic E-state index is 12.0. The largest absolute Gasteiger partial charge is 0.573 e. The lowest BCUT2D eigenvalue weighted by Crippen LogP contribution is -2.17. The molecule has 0 radical (unpaired) electrons. The molecule has 1 atom stereocenters. The second kappa shape index (κ2) is 5.71. The van der Waals surface area contributed by atoms with Crippen molar-refractivity contribution in [3.63, 3.8) is 0 Å². The normalized spacial score (nSPS) is 13.2. The first-order chi connectivity index (χ1) is 8.24. The van der Waals surface area contributed by atoms with Gasteiger partial charge in [0.1, 0.15) is 11.5 Å². The molecule has 1 rings (SSSR count). The molecule has 0 aliphatic carbocycles. The fourth-order valence-electron chi connectivity index (χ4n) is 1.38. The minimum Gasteiger partial charge on any atom is -0.406 e. The lowest BCUT2D eigenvalue weighted by Gasteiger charge is -2.14. The third-order valence-electron chi connectivity index (χ3n) is 2.15. The smallest absolute Gasteiger partial charge is 0.406 e. The predicted molar refractivity (Wildman–Crippen MR) is 61.4 cm³/mol. The van der Waals surface area contributed by atoms with E-state index in [0.29, 0.717) is 5.56 Å². The summed E-state index contributed by atoms with van der Waals surface area (Å²) in [6.07, 6.45) is -4.79. The van der Waals surface area contributed by atoms with Crippen LogP contribution in [0.1, 0.15) is 22.9 Å². The number of aliphatic hydroxyl groups excluding tert-OH is 1. The zero-order valence-electron chi connectivity index (χ0n) is 9.29. The summed E-state index contributed by atoms with van der Waals surface area (Å²) in [5.41, 5.74) is 0.619. The van der Waals surface area contributed by atoms with Crippen molar-refractivity contribution in [1.29, 1.82) is 0 Å². The zero-order chi connectivity index (χ0) is 13.9. The van der Waals surface area contributed by atoms with Gasteiger partial charge in [-0.05, 0) is 30.2 Å². The number of ether oxygens (including phenoxy) is 1. The maximum absolute atomic E-state index is 12.0. The van der Waals surface area contributed by atoms with Crippen molar-refractivity contribution in [2.75, 3.05) is 0 Å². The molecule has 0 bridgehead atoms. The van der Waals surface area contributed by atoms with Crippen molar-refractivity contribution in [3.8, 4) is 5.75 Å². The van der Waals surface area contributed by atoms with Crippen LogP contribution in [-0.2, 0) is 11.4 Å². The molecule has 1 unspecified atom stereocenters. The number of benzene rings is 1. The topological polar surface area (TPSA) is 46.5 Å². The molecule has 7 heteroatoms. The van der Waals surface area contributed by atoms with Gasteiger partial charge in [-0.3, -0.25) is 4.79 Å². The summed E-state index contributed by atoms with van der Waals surface area (Å²) >= 11 is 3.10. The molecule has 3 nitrogen and oxygen atoms in total. The Morgan fingerprint density at radius 3 is 2.56 bits per heavy atom. The summed E-state index contributed by atoms with van der Waals surface area (Å²) in [5, 5.41) is 9.10. The first-order valence-electron chi connectivity index (χ1n) is 4.88. The average Bonchev–Trinajstić information content (AvgIpc) is 2.25. The van der Waals surface area contributed by atoms with Gasteiger partial charge < -0.3 is 9.84 Å². The molecule has 18 heavy (non-hydrogen) atoms. The fourth-order valence-corrected chi connectivity index (χ4v) is 1.83. The first kappa shape index (κ1) is 15.0. The summed E-state index contributed by atoms with van der Waals surface area (Å²) in [6, 6.07) is 3.46. The van der Waals surface area contributed by atoms with Gasteiger partial charge in [0.2, 0.25) is 0 Å². The molecule has 0 saturated carbocycles. The number of rotatable bonds is 4. The molecule has 0 aliphatic rings. The quantitative estimate of drug-likeness (QED) is 0.865. The van der Waals surface area contributed by atoms with E-state index < -0.39 is 23.5 Å². The number of ketones is 1. The van der Waals surface area contributed by atoms with Crippen molar-refractivity contribution in [1.82, 2.24) is 0 Å². The zero-order valence-corrected chi connectivity index (χ0v) is 10.9. The van der Waals surface area contributed by atoms with Gasteiger partial charge in [-0.1, -0.05) is 22.0 Å². The van der Waals surface area contributed by atoms with Gasteiger partial charge in [0.05, 0.1) is 11.4 Å². The SMILES string of the molecule is CC(=O)C(Br)c1ccc(OC(F)(F)F)cc1CO. The minimum absolute atomic E-state index is 0.203. The highest BCUT2D eigenvalue weighted by Gasteiger charge is 2.31. The Morgan fingerprint density at radius 2 is 2.11 bits per heavy atom. The monoisotopic (exact) mass is 326 g/mol. The number of Topliss-reactive ketones (excluding diaryl/α,β-unsaturated/α-hetero) is 1. The number of carbonyl (C=O) groups is 1. The van der Waals surface area contributed by atoms with Gasteiger partial charge in [-0.25, -0.2) is 0 Å². The van der Waals surface area contributed by atoms with E-state index in [2.05, 4.69) is 20.7 Å². The summed E-state index contributed by atoms with van der Waals surface area (Å²) in [4.78, 5) is 10.5. The van der Waals surface area contributed by atoms with Gasteiger partial charge in [0.15, 0.2) is 0 Å².